The van der Waals surface area contributed by atoms with Crippen molar-refractivity contribution < 1.29 is 4.74 Å². The van der Waals surface area contributed by atoms with Crippen LogP contribution in [-0.2, 0) is 0 Å². The summed E-state index contributed by atoms with van der Waals surface area (Å²) >= 11 is 0. The zero-order valence-corrected chi connectivity index (χ0v) is 17.7. The number of para-hydroxylation sites is 1. The van der Waals surface area contributed by atoms with Gasteiger partial charge in [-0.1, -0.05) is 60.7 Å². The molecule has 5 rings (SSSR count). The summed E-state index contributed by atoms with van der Waals surface area (Å²) in [6.07, 6.45) is 0. The molecule has 0 atom stereocenters. The summed E-state index contributed by atoms with van der Waals surface area (Å²) < 4.78 is 6.05. The van der Waals surface area contributed by atoms with E-state index in [1.165, 1.54) is 27.6 Å². The number of aryl methyl sites for hydroxylation is 2. The molecule has 0 saturated heterocycles. The topological polar surface area (TPSA) is 22.1 Å². The lowest BCUT2D eigenvalue weighted by Crippen LogP contribution is -1.93. The second-order valence-electron chi connectivity index (χ2n) is 7.82. The maximum atomic E-state index is 6.05. The molecule has 5 aromatic rings. The summed E-state index contributed by atoms with van der Waals surface area (Å²) in [6.45, 7) is 4.29. The SMILES string of the molecule is Cc1cc2nc(-c3cccc(Oc4ccccc4)c3)cc(-c3ccccc3)c2cc1C. The molecule has 4 aromatic carbocycles. The van der Waals surface area contributed by atoms with E-state index < -0.39 is 0 Å². The van der Waals surface area contributed by atoms with E-state index in [1.54, 1.807) is 0 Å². The van der Waals surface area contributed by atoms with Gasteiger partial charge in [-0.05, 0) is 78.6 Å². The molecule has 0 fully saturated rings. The predicted molar refractivity (Wildman–Crippen MR) is 129 cm³/mol. The summed E-state index contributed by atoms with van der Waals surface area (Å²) in [5, 5.41) is 1.18. The molecule has 31 heavy (non-hydrogen) atoms. The maximum absolute atomic E-state index is 6.05. The van der Waals surface area contributed by atoms with Gasteiger partial charge in [0.05, 0.1) is 11.2 Å². The third kappa shape index (κ3) is 3.93. The van der Waals surface area contributed by atoms with Gasteiger partial charge in [-0.25, -0.2) is 4.98 Å². The normalized spacial score (nSPS) is 10.9. The van der Waals surface area contributed by atoms with Gasteiger partial charge >= 0.3 is 0 Å². The lowest BCUT2D eigenvalue weighted by molar-refractivity contribution is 0.483. The van der Waals surface area contributed by atoms with Gasteiger partial charge in [0.25, 0.3) is 0 Å². The first-order chi connectivity index (χ1) is 15.2. The molecule has 2 nitrogen and oxygen atoms in total. The quantitative estimate of drug-likeness (QED) is 0.304. The molecule has 1 aromatic heterocycles. The summed E-state index contributed by atoms with van der Waals surface area (Å²) in [6, 6.07) is 35.1. The molecular weight excluding hydrogens is 378 g/mol. The third-order valence-corrected chi connectivity index (χ3v) is 5.62. The number of rotatable bonds is 4. The van der Waals surface area contributed by atoms with Crippen LogP contribution in [-0.4, -0.2) is 4.98 Å². The Hall–Kier alpha value is -3.91. The van der Waals surface area contributed by atoms with Gasteiger partial charge in [0.1, 0.15) is 11.5 Å². The molecule has 150 valence electrons. The van der Waals surface area contributed by atoms with E-state index in [1.807, 2.05) is 48.5 Å². The number of nitrogens with zero attached hydrogens (tertiary/aromatic N) is 1. The number of ether oxygens (including phenoxy) is 1. The third-order valence-electron chi connectivity index (χ3n) is 5.62. The number of aromatic nitrogens is 1. The van der Waals surface area contributed by atoms with E-state index in [0.717, 1.165) is 28.3 Å². The minimum absolute atomic E-state index is 0.798. The van der Waals surface area contributed by atoms with E-state index in [4.69, 9.17) is 9.72 Å². The number of pyridine rings is 1. The molecule has 0 N–H and O–H groups in total. The van der Waals surface area contributed by atoms with Crippen LogP contribution in [0.4, 0.5) is 0 Å². The van der Waals surface area contributed by atoms with E-state index in [2.05, 4.69) is 68.4 Å². The first-order valence-electron chi connectivity index (χ1n) is 10.5. The van der Waals surface area contributed by atoms with Crippen LogP contribution in [0.5, 0.6) is 11.5 Å². The maximum Gasteiger partial charge on any atom is 0.128 e. The Bertz CT molecular complexity index is 1360. The largest absolute Gasteiger partial charge is 0.457 e. The van der Waals surface area contributed by atoms with Gasteiger partial charge in [-0.15, -0.1) is 0 Å². The second-order valence-corrected chi connectivity index (χ2v) is 7.82. The highest BCUT2D eigenvalue weighted by atomic mass is 16.5. The van der Waals surface area contributed by atoms with E-state index >= 15 is 0 Å². The van der Waals surface area contributed by atoms with Crippen molar-refractivity contribution >= 4 is 10.9 Å². The van der Waals surface area contributed by atoms with E-state index in [-0.39, 0.29) is 0 Å². The molecule has 1 heterocycles. The minimum Gasteiger partial charge on any atom is -0.457 e. The Balaban J connectivity index is 1.65. The van der Waals surface area contributed by atoms with Gasteiger partial charge in [-0.3, -0.25) is 0 Å². The summed E-state index contributed by atoms with van der Waals surface area (Å²) in [7, 11) is 0. The molecule has 0 aliphatic rings. The average Bonchev–Trinajstić information content (AvgIpc) is 2.81. The van der Waals surface area contributed by atoms with Gasteiger partial charge in [0.2, 0.25) is 0 Å². The van der Waals surface area contributed by atoms with Crippen LogP contribution in [0.2, 0.25) is 0 Å². The fourth-order valence-corrected chi connectivity index (χ4v) is 3.83. The molecule has 0 aliphatic heterocycles. The molecule has 0 amide bonds. The Kier molecular flexibility index (Phi) is 4.97. The molecule has 0 saturated carbocycles. The van der Waals surface area contributed by atoms with Crippen molar-refractivity contribution in [3.63, 3.8) is 0 Å². The minimum atomic E-state index is 0.798. The van der Waals surface area contributed by atoms with Crippen molar-refractivity contribution in [3.05, 3.63) is 114 Å². The smallest absolute Gasteiger partial charge is 0.128 e. The molecule has 0 aliphatic carbocycles. The Morgan fingerprint density at radius 2 is 1.23 bits per heavy atom. The van der Waals surface area contributed by atoms with Crippen LogP contribution in [0.1, 0.15) is 11.1 Å². The van der Waals surface area contributed by atoms with Gasteiger partial charge in [-0.2, -0.15) is 0 Å². The Labute approximate surface area is 182 Å². The van der Waals surface area contributed by atoms with Crippen LogP contribution in [0.3, 0.4) is 0 Å². The number of hydrogen-bond acceptors (Lipinski definition) is 2. The van der Waals surface area contributed by atoms with E-state index in [0.29, 0.717) is 0 Å². The van der Waals surface area contributed by atoms with E-state index in [9.17, 15) is 0 Å². The number of benzene rings is 4. The molecule has 0 bridgehead atoms. The van der Waals surface area contributed by atoms with Crippen molar-refractivity contribution in [2.45, 2.75) is 13.8 Å². The zero-order valence-electron chi connectivity index (χ0n) is 17.7. The Morgan fingerprint density at radius 3 is 2.00 bits per heavy atom. The fourth-order valence-electron chi connectivity index (χ4n) is 3.83. The summed E-state index contributed by atoms with van der Waals surface area (Å²) in [5.41, 5.74) is 7.89. The monoisotopic (exact) mass is 401 g/mol. The first kappa shape index (κ1) is 19.1. The van der Waals surface area contributed by atoms with Crippen LogP contribution >= 0.6 is 0 Å². The molecule has 2 heteroatoms. The summed E-state index contributed by atoms with van der Waals surface area (Å²) in [4.78, 5) is 5.03. The van der Waals surface area contributed by atoms with Crippen molar-refractivity contribution in [2.24, 2.45) is 0 Å². The highest BCUT2D eigenvalue weighted by molar-refractivity contribution is 5.97. The molecule has 0 radical (unpaired) electrons. The lowest BCUT2D eigenvalue weighted by atomic mass is 9.96. The van der Waals surface area contributed by atoms with Crippen molar-refractivity contribution in [2.75, 3.05) is 0 Å². The first-order valence-corrected chi connectivity index (χ1v) is 10.5. The highest BCUT2D eigenvalue weighted by Crippen LogP contribution is 2.34. The average molecular weight is 402 g/mol. The molecule has 0 spiro atoms. The zero-order chi connectivity index (χ0) is 21.2. The molecular formula is C29H23NO. The van der Waals surface area contributed by atoms with Gasteiger partial charge in [0, 0.05) is 10.9 Å². The van der Waals surface area contributed by atoms with Crippen molar-refractivity contribution in [3.8, 4) is 33.9 Å². The molecule has 0 unspecified atom stereocenters. The predicted octanol–water partition coefficient (Wildman–Crippen LogP) is 7.98. The van der Waals surface area contributed by atoms with Crippen molar-refractivity contribution in [1.82, 2.24) is 4.98 Å². The van der Waals surface area contributed by atoms with Crippen molar-refractivity contribution in [1.29, 1.82) is 0 Å². The summed E-state index contributed by atoms with van der Waals surface area (Å²) in [5.74, 6) is 1.62. The lowest BCUT2D eigenvalue weighted by Gasteiger charge is -2.13. The number of fused-ring (bicyclic) bond motifs is 1. The van der Waals surface area contributed by atoms with Crippen LogP contribution in [0.15, 0.2) is 103 Å². The van der Waals surface area contributed by atoms with Gasteiger partial charge < -0.3 is 4.74 Å². The van der Waals surface area contributed by atoms with Gasteiger partial charge in [0.15, 0.2) is 0 Å². The highest BCUT2D eigenvalue weighted by Gasteiger charge is 2.12. The van der Waals surface area contributed by atoms with Crippen LogP contribution in [0, 0.1) is 13.8 Å². The standard InChI is InChI=1S/C29H23NO/c1-20-16-27-26(22-10-5-3-6-11-22)19-28(30-29(27)17-21(20)2)23-12-9-15-25(18-23)31-24-13-7-4-8-14-24/h3-19H,1-2H3. The van der Waals surface area contributed by atoms with Crippen LogP contribution in [0.25, 0.3) is 33.3 Å². The Morgan fingerprint density at radius 1 is 0.581 bits per heavy atom. The van der Waals surface area contributed by atoms with Crippen LogP contribution < -0.4 is 4.74 Å². The second kappa shape index (κ2) is 8.08. The fraction of sp³-hybridized carbons (Fsp3) is 0.0690. The number of hydrogen-bond donors (Lipinski definition) is 0.